The second-order valence-corrected chi connectivity index (χ2v) is 7.57. The van der Waals surface area contributed by atoms with Crippen LogP contribution < -0.4 is 0 Å². The van der Waals surface area contributed by atoms with Crippen molar-refractivity contribution < 1.29 is 9.52 Å². The molecule has 2 aromatic rings. The van der Waals surface area contributed by atoms with Crippen LogP contribution in [0.4, 0.5) is 0 Å². The molecule has 0 amide bonds. The number of nitrogens with zero attached hydrogens (tertiary/aromatic N) is 1. The van der Waals surface area contributed by atoms with Crippen molar-refractivity contribution in [2.75, 3.05) is 6.54 Å². The molecule has 0 radical (unpaired) electrons. The normalized spacial score (nSPS) is 30.2. The van der Waals surface area contributed by atoms with Gasteiger partial charge in [-0.1, -0.05) is 19.9 Å². The molecule has 3 nitrogen and oxygen atoms in total. The lowest BCUT2D eigenvalue weighted by atomic mass is 9.59. The van der Waals surface area contributed by atoms with Gasteiger partial charge in [0.2, 0.25) is 0 Å². The molecule has 0 saturated carbocycles. The number of fused-ring (bicyclic) bond motifs is 4. The molecule has 4 rings (SSSR count). The monoisotopic (exact) mass is 311 g/mol. The predicted molar refractivity (Wildman–Crippen MR) is 90.6 cm³/mol. The zero-order valence-corrected chi connectivity index (χ0v) is 14.2. The molecule has 3 heteroatoms. The van der Waals surface area contributed by atoms with Crippen molar-refractivity contribution in [2.24, 2.45) is 5.92 Å². The second-order valence-electron chi connectivity index (χ2n) is 7.57. The first kappa shape index (κ1) is 14.8. The van der Waals surface area contributed by atoms with Gasteiger partial charge in [0.05, 0.1) is 12.8 Å². The summed E-state index contributed by atoms with van der Waals surface area (Å²) in [5.41, 5.74) is 4.16. The summed E-state index contributed by atoms with van der Waals surface area (Å²) in [5.74, 6) is 2.06. The van der Waals surface area contributed by atoms with Crippen LogP contribution in [0.2, 0.25) is 0 Å². The highest BCUT2D eigenvalue weighted by molar-refractivity contribution is 5.44. The number of phenolic OH excluding ortho intramolecular Hbond substituents is 1. The average molecular weight is 311 g/mol. The molecule has 1 fully saturated rings. The minimum Gasteiger partial charge on any atom is -0.508 e. The highest BCUT2D eigenvalue weighted by Crippen LogP contribution is 2.49. The number of piperidine rings is 1. The molecule has 2 bridgehead atoms. The molecule has 1 aromatic heterocycles. The molecule has 0 spiro atoms. The standard InChI is InChI=1S/C20H25NO2/c1-13-6-9-23-19(13)12-21-8-7-20(3)14(2)18(21)10-15-4-5-16(22)11-17(15)20/h4-6,9,11,14,18,22H,7-8,10,12H2,1-3H3/t14-,18-,20-/m0/s1. The van der Waals surface area contributed by atoms with Gasteiger partial charge in [-0.15, -0.1) is 0 Å². The third kappa shape index (κ3) is 2.21. The van der Waals surface area contributed by atoms with Crippen LogP contribution in [-0.4, -0.2) is 22.6 Å². The Bertz CT molecular complexity index is 735. The summed E-state index contributed by atoms with van der Waals surface area (Å²) in [6.07, 6.45) is 3.98. The number of aromatic hydroxyl groups is 1. The molecule has 122 valence electrons. The number of hydrogen-bond acceptors (Lipinski definition) is 3. The predicted octanol–water partition coefficient (Wildman–Crippen LogP) is 4.02. The second kappa shape index (κ2) is 5.13. The molecule has 0 unspecified atom stereocenters. The molecule has 1 aliphatic carbocycles. The molecular formula is C20H25NO2. The molecule has 23 heavy (non-hydrogen) atoms. The maximum absolute atomic E-state index is 9.92. The Morgan fingerprint density at radius 3 is 2.91 bits per heavy atom. The van der Waals surface area contributed by atoms with Gasteiger partial charge in [0.1, 0.15) is 11.5 Å². The summed E-state index contributed by atoms with van der Waals surface area (Å²) in [7, 11) is 0. The number of rotatable bonds is 2. The van der Waals surface area contributed by atoms with E-state index in [0.717, 1.165) is 31.7 Å². The van der Waals surface area contributed by atoms with E-state index in [4.69, 9.17) is 4.42 Å². The number of phenols is 1. The highest BCUT2D eigenvalue weighted by Gasteiger charge is 2.48. The third-order valence-corrected chi connectivity index (χ3v) is 6.42. The Morgan fingerprint density at radius 1 is 1.35 bits per heavy atom. The number of hydrogen-bond donors (Lipinski definition) is 1. The maximum atomic E-state index is 9.92. The van der Waals surface area contributed by atoms with E-state index in [9.17, 15) is 5.11 Å². The molecule has 1 aliphatic heterocycles. The van der Waals surface area contributed by atoms with Gasteiger partial charge >= 0.3 is 0 Å². The van der Waals surface area contributed by atoms with Crippen molar-refractivity contribution in [3.8, 4) is 5.75 Å². The molecule has 3 atom stereocenters. The van der Waals surface area contributed by atoms with Crippen LogP contribution in [0.3, 0.4) is 0 Å². The van der Waals surface area contributed by atoms with Crippen LogP contribution in [0, 0.1) is 12.8 Å². The minimum atomic E-state index is 0.158. The topological polar surface area (TPSA) is 36.6 Å². The first-order chi connectivity index (χ1) is 11.0. The Kier molecular flexibility index (Phi) is 3.31. The van der Waals surface area contributed by atoms with Crippen LogP contribution >= 0.6 is 0 Å². The van der Waals surface area contributed by atoms with Gasteiger partial charge in [0.15, 0.2) is 0 Å². The summed E-state index contributed by atoms with van der Waals surface area (Å²) in [6, 6.07) is 8.52. The quantitative estimate of drug-likeness (QED) is 0.910. The van der Waals surface area contributed by atoms with Crippen molar-refractivity contribution in [1.29, 1.82) is 0 Å². The van der Waals surface area contributed by atoms with Gasteiger partial charge in [0.25, 0.3) is 0 Å². The molecule has 2 heterocycles. The van der Waals surface area contributed by atoms with Gasteiger partial charge < -0.3 is 9.52 Å². The van der Waals surface area contributed by atoms with E-state index < -0.39 is 0 Å². The van der Waals surface area contributed by atoms with Crippen LogP contribution in [-0.2, 0) is 18.4 Å². The Morgan fingerprint density at radius 2 is 2.17 bits per heavy atom. The van der Waals surface area contributed by atoms with Crippen molar-refractivity contribution in [3.63, 3.8) is 0 Å². The number of aryl methyl sites for hydroxylation is 1. The van der Waals surface area contributed by atoms with Gasteiger partial charge in [-0.3, -0.25) is 4.90 Å². The van der Waals surface area contributed by atoms with Crippen molar-refractivity contribution >= 4 is 0 Å². The van der Waals surface area contributed by atoms with E-state index in [2.05, 4.69) is 31.7 Å². The molecule has 2 aliphatic rings. The first-order valence-electron chi connectivity index (χ1n) is 8.58. The van der Waals surface area contributed by atoms with Gasteiger partial charge in [0, 0.05) is 6.04 Å². The van der Waals surface area contributed by atoms with E-state index in [1.165, 1.54) is 16.7 Å². The Labute approximate surface area is 137 Å². The lowest BCUT2D eigenvalue weighted by molar-refractivity contribution is 0.0215. The van der Waals surface area contributed by atoms with E-state index in [0.29, 0.717) is 17.7 Å². The molecular weight excluding hydrogens is 286 g/mol. The number of furan rings is 1. The highest BCUT2D eigenvalue weighted by atomic mass is 16.3. The van der Waals surface area contributed by atoms with Crippen LogP contribution in [0.25, 0.3) is 0 Å². The van der Waals surface area contributed by atoms with Gasteiger partial charge in [-0.25, -0.2) is 0 Å². The lowest BCUT2D eigenvalue weighted by Gasteiger charge is -2.54. The summed E-state index contributed by atoms with van der Waals surface area (Å²) >= 11 is 0. The summed E-state index contributed by atoms with van der Waals surface area (Å²) in [6.45, 7) is 8.85. The molecule has 1 N–H and O–H groups in total. The Hall–Kier alpha value is -1.74. The van der Waals surface area contributed by atoms with Crippen molar-refractivity contribution in [1.82, 2.24) is 4.90 Å². The van der Waals surface area contributed by atoms with Crippen molar-refractivity contribution in [2.45, 2.75) is 51.6 Å². The average Bonchev–Trinajstić information content (AvgIpc) is 2.92. The van der Waals surface area contributed by atoms with Crippen LogP contribution in [0.5, 0.6) is 5.75 Å². The van der Waals surface area contributed by atoms with Crippen LogP contribution in [0.15, 0.2) is 34.9 Å². The zero-order valence-electron chi connectivity index (χ0n) is 14.2. The fourth-order valence-electron chi connectivity index (χ4n) is 4.64. The zero-order chi connectivity index (χ0) is 16.2. The summed E-state index contributed by atoms with van der Waals surface area (Å²) < 4.78 is 5.68. The number of benzene rings is 1. The SMILES string of the molecule is Cc1ccoc1CN1CC[C@]2(C)c3cc(O)ccc3C[C@H]1[C@@H]2C. The Balaban J connectivity index is 1.68. The molecule has 1 saturated heterocycles. The number of likely N-dealkylation sites (tertiary alicyclic amines) is 1. The maximum Gasteiger partial charge on any atom is 0.120 e. The van der Waals surface area contributed by atoms with Crippen molar-refractivity contribution in [3.05, 3.63) is 53.0 Å². The van der Waals surface area contributed by atoms with E-state index >= 15 is 0 Å². The summed E-state index contributed by atoms with van der Waals surface area (Å²) in [5, 5.41) is 9.92. The van der Waals surface area contributed by atoms with E-state index in [1.54, 1.807) is 6.26 Å². The fourth-order valence-corrected chi connectivity index (χ4v) is 4.64. The fraction of sp³-hybridized carbons (Fsp3) is 0.500. The van der Waals surface area contributed by atoms with E-state index in [-0.39, 0.29) is 5.41 Å². The van der Waals surface area contributed by atoms with Crippen LogP contribution in [0.1, 0.15) is 42.7 Å². The summed E-state index contributed by atoms with van der Waals surface area (Å²) in [4.78, 5) is 2.59. The van der Waals surface area contributed by atoms with E-state index in [1.807, 2.05) is 18.2 Å². The minimum absolute atomic E-state index is 0.158. The van der Waals surface area contributed by atoms with Gasteiger partial charge in [-0.2, -0.15) is 0 Å². The first-order valence-corrected chi connectivity index (χ1v) is 8.58. The van der Waals surface area contributed by atoms with Gasteiger partial charge in [-0.05, 0) is 72.5 Å². The largest absolute Gasteiger partial charge is 0.508 e. The smallest absolute Gasteiger partial charge is 0.120 e. The molecule has 1 aromatic carbocycles. The third-order valence-electron chi connectivity index (χ3n) is 6.42. The lowest BCUT2D eigenvalue weighted by Crippen LogP contribution is -2.57.